The van der Waals surface area contributed by atoms with Gasteiger partial charge in [0.1, 0.15) is 0 Å². The van der Waals surface area contributed by atoms with Crippen molar-refractivity contribution in [2.24, 2.45) is 0 Å². The first-order valence-electron chi connectivity index (χ1n) is 6.19. The van der Waals surface area contributed by atoms with Crippen LogP contribution in [0.1, 0.15) is 10.4 Å². The van der Waals surface area contributed by atoms with Gasteiger partial charge in [-0.15, -0.1) is 0 Å². The molecule has 1 saturated heterocycles. The maximum absolute atomic E-state index is 12.6. The van der Waals surface area contributed by atoms with Crippen molar-refractivity contribution in [3.63, 3.8) is 0 Å². The summed E-state index contributed by atoms with van der Waals surface area (Å²) in [5, 5.41) is 0. The molecule has 0 radical (unpaired) electrons. The molecule has 0 saturated carbocycles. The van der Waals surface area contributed by atoms with E-state index in [0.717, 1.165) is 0 Å². The van der Waals surface area contributed by atoms with Crippen molar-refractivity contribution in [3.05, 3.63) is 23.8 Å². The molecule has 0 aliphatic carbocycles. The number of anilines is 1. The van der Waals surface area contributed by atoms with Gasteiger partial charge in [-0.25, -0.2) is 13.2 Å². The first-order valence-corrected chi connectivity index (χ1v) is 9.12. The first-order chi connectivity index (χ1) is 9.86. The monoisotopic (exact) mass is 332 g/mol. The lowest BCUT2D eigenvalue weighted by molar-refractivity contribution is 0.0596. The van der Waals surface area contributed by atoms with Crippen LogP contribution in [-0.4, -0.2) is 54.6 Å². The number of nitrogens with two attached hydrogens (primary N) is 1. The predicted molar refractivity (Wildman–Crippen MR) is 78.8 cm³/mol. The zero-order valence-corrected chi connectivity index (χ0v) is 13.1. The highest BCUT2D eigenvalue weighted by molar-refractivity contribution is 7.89. The summed E-state index contributed by atoms with van der Waals surface area (Å²) in [4.78, 5) is 11.6. The van der Waals surface area contributed by atoms with Gasteiger partial charge < -0.3 is 10.5 Å². The van der Waals surface area contributed by atoms with E-state index < -0.39 is 26.8 Å². The summed E-state index contributed by atoms with van der Waals surface area (Å²) in [5.41, 5.74) is 5.78. The molecular weight excluding hydrogens is 316 g/mol. The van der Waals surface area contributed by atoms with E-state index in [1.165, 1.54) is 29.6 Å². The molecule has 0 spiro atoms. The first kappa shape index (κ1) is 15.9. The average molecular weight is 332 g/mol. The molecule has 1 aliphatic rings. The minimum Gasteiger partial charge on any atom is -0.465 e. The maximum atomic E-state index is 12.6. The van der Waals surface area contributed by atoms with Gasteiger partial charge in [0.15, 0.2) is 0 Å². The summed E-state index contributed by atoms with van der Waals surface area (Å²) in [6.07, 6.45) is 0. The van der Waals surface area contributed by atoms with E-state index in [2.05, 4.69) is 4.74 Å². The number of carbonyl (C=O) groups is 1. The van der Waals surface area contributed by atoms with Gasteiger partial charge in [0.2, 0.25) is 10.0 Å². The Morgan fingerprint density at radius 1 is 1.33 bits per heavy atom. The fourth-order valence-corrected chi connectivity index (χ4v) is 4.93. The SMILES string of the molecule is COC(=O)c1cc(N)ccc1S(=O)(=O)N1CCS(=O)CC1. The van der Waals surface area contributed by atoms with Crippen molar-refractivity contribution in [2.45, 2.75) is 4.90 Å². The molecule has 7 nitrogen and oxygen atoms in total. The van der Waals surface area contributed by atoms with Crippen molar-refractivity contribution >= 4 is 32.5 Å². The number of methoxy groups -OCH3 is 1. The maximum Gasteiger partial charge on any atom is 0.339 e. The second kappa shape index (κ2) is 6.12. The summed E-state index contributed by atoms with van der Waals surface area (Å²) in [5.74, 6) is -0.176. The minimum atomic E-state index is -3.85. The molecule has 0 atom stereocenters. The minimum absolute atomic E-state index is 0.0933. The molecule has 9 heteroatoms. The van der Waals surface area contributed by atoms with Crippen LogP contribution in [0.2, 0.25) is 0 Å². The topological polar surface area (TPSA) is 107 Å². The van der Waals surface area contributed by atoms with Crippen LogP contribution in [0.25, 0.3) is 0 Å². The number of rotatable bonds is 3. The number of ether oxygens (including phenoxy) is 1. The molecule has 21 heavy (non-hydrogen) atoms. The highest BCUT2D eigenvalue weighted by atomic mass is 32.2. The van der Waals surface area contributed by atoms with Crippen LogP contribution < -0.4 is 5.73 Å². The predicted octanol–water partition coefficient (Wildman–Crippen LogP) is -0.192. The Balaban J connectivity index is 2.45. The van der Waals surface area contributed by atoms with Crippen molar-refractivity contribution in [1.82, 2.24) is 4.31 Å². The number of hydrogen-bond donors (Lipinski definition) is 1. The van der Waals surface area contributed by atoms with Crippen molar-refractivity contribution < 1.29 is 22.2 Å². The van der Waals surface area contributed by atoms with Crippen molar-refractivity contribution in [2.75, 3.05) is 37.4 Å². The van der Waals surface area contributed by atoms with Crippen LogP contribution >= 0.6 is 0 Å². The number of carbonyl (C=O) groups excluding carboxylic acids is 1. The number of esters is 1. The summed E-state index contributed by atoms with van der Waals surface area (Å²) in [6.45, 7) is 0.333. The van der Waals surface area contributed by atoms with Gasteiger partial charge in [-0.1, -0.05) is 0 Å². The fourth-order valence-electron chi connectivity index (χ4n) is 2.04. The van der Waals surface area contributed by atoms with Crippen LogP contribution in [0.4, 0.5) is 5.69 Å². The third-order valence-corrected chi connectivity index (χ3v) is 6.40. The van der Waals surface area contributed by atoms with E-state index in [4.69, 9.17) is 5.73 Å². The van der Waals surface area contributed by atoms with E-state index in [1.54, 1.807) is 0 Å². The van der Waals surface area contributed by atoms with Gasteiger partial charge >= 0.3 is 5.97 Å². The summed E-state index contributed by atoms with van der Waals surface area (Å²) in [7, 11) is -3.66. The summed E-state index contributed by atoms with van der Waals surface area (Å²) >= 11 is 0. The van der Waals surface area contributed by atoms with Gasteiger partial charge in [0.05, 0.1) is 17.6 Å². The van der Waals surface area contributed by atoms with E-state index in [0.29, 0.717) is 11.5 Å². The molecule has 0 bridgehead atoms. The Hall–Kier alpha value is -1.45. The summed E-state index contributed by atoms with van der Waals surface area (Å²) < 4.78 is 42.4. The van der Waals surface area contributed by atoms with Crippen LogP contribution in [0.15, 0.2) is 23.1 Å². The van der Waals surface area contributed by atoms with Gasteiger partial charge in [-0.05, 0) is 18.2 Å². The molecule has 1 aromatic carbocycles. The van der Waals surface area contributed by atoms with Gasteiger partial charge in [0, 0.05) is 41.1 Å². The Labute approximate surface area is 125 Å². The van der Waals surface area contributed by atoms with Crippen LogP contribution in [0.3, 0.4) is 0 Å². The lowest BCUT2D eigenvalue weighted by atomic mass is 10.2. The number of nitrogens with zero attached hydrogens (tertiary/aromatic N) is 1. The highest BCUT2D eigenvalue weighted by Gasteiger charge is 2.31. The highest BCUT2D eigenvalue weighted by Crippen LogP contribution is 2.24. The zero-order chi connectivity index (χ0) is 15.6. The second-order valence-corrected chi connectivity index (χ2v) is 8.10. The second-order valence-electron chi connectivity index (χ2n) is 4.50. The number of benzene rings is 1. The molecule has 0 aromatic heterocycles. The smallest absolute Gasteiger partial charge is 0.339 e. The lowest BCUT2D eigenvalue weighted by Crippen LogP contribution is -2.42. The quantitative estimate of drug-likeness (QED) is 0.607. The van der Waals surface area contributed by atoms with Crippen LogP contribution in [0.5, 0.6) is 0 Å². The third kappa shape index (κ3) is 3.25. The van der Waals surface area contributed by atoms with Gasteiger partial charge in [-0.3, -0.25) is 4.21 Å². The molecular formula is C12H16N2O5S2. The molecule has 2 rings (SSSR count). The number of nitrogen functional groups attached to an aromatic ring is 1. The Morgan fingerprint density at radius 2 is 1.95 bits per heavy atom. The van der Waals surface area contributed by atoms with E-state index in [9.17, 15) is 17.4 Å². The molecule has 0 unspecified atom stereocenters. The molecule has 1 aliphatic heterocycles. The molecule has 1 fully saturated rings. The largest absolute Gasteiger partial charge is 0.465 e. The summed E-state index contributed by atoms with van der Waals surface area (Å²) in [6, 6.07) is 3.99. The van der Waals surface area contributed by atoms with Gasteiger partial charge in [-0.2, -0.15) is 4.31 Å². The molecule has 116 valence electrons. The van der Waals surface area contributed by atoms with Gasteiger partial charge in [0.25, 0.3) is 0 Å². The third-order valence-electron chi connectivity index (χ3n) is 3.16. The standard InChI is InChI=1S/C12H16N2O5S2/c1-19-12(15)10-8-9(13)2-3-11(10)21(17,18)14-4-6-20(16)7-5-14/h2-3,8H,4-7,13H2,1H3. The molecule has 0 amide bonds. The fraction of sp³-hybridized carbons (Fsp3) is 0.417. The van der Waals surface area contributed by atoms with E-state index in [1.807, 2.05) is 0 Å². The number of sulfonamides is 1. The van der Waals surface area contributed by atoms with E-state index in [-0.39, 0.29) is 29.2 Å². The van der Waals surface area contributed by atoms with Crippen LogP contribution in [0, 0.1) is 0 Å². The Morgan fingerprint density at radius 3 is 2.52 bits per heavy atom. The molecule has 1 heterocycles. The van der Waals surface area contributed by atoms with Crippen molar-refractivity contribution in [1.29, 1.82) is 0 Å². The zero-order valence-electron chi connectivity index (χ0n) is 11.4. The van der Waals surface area contributed by atoms with Crippen LogP contribution in [-0.2, 0) is 25.6 Å². The Bertz CT molecular complexity index is 677. The molecule has 1 aromatic rings. The lowest BCUT2D eigenvalue weighted by Gasteiger charge is -2.26. The van der Waals surface area contributed by atoms with E-state index >= 15 is 0 Å². The number of hydrogen-bond acceptors (Lipinski definition) is 6. The van der Waals surface area contributed by atoms with Crippen molar-refractivity contribution in [3.8, 4) is 0 Å². The normalized spacial score (nSPS) is 17.6. The Kier molecular flexibility index (Phi) is 4.64. The molecule has 2 N–H and O–H groups in total. The average Bonchev–Trinajstić information content (AvgIpc) is 2.46.